The van der Waals surface area contributed by atoms with Crippen molar-refractivity contribution < 1.29 is 13.2 Å². The molecule has 0 aliphatic heterocycles. The van der Waals surface area contributed by atoms with Gasteiger partial charge in [0.2, 0.25) is 0 Å². The Balaban J connectivity index is 2.08. The molecule has 0 aliphatic carbocycles. The van der Waals surface area contributed by atoms with E-state index in [1.807, 2.05) is 6.07 Å². The molecule has 0 radical (unpaired) electrons. The highest BCUT2D eigenvalue weighted by atomic mass is 35.5. The molecular weight excluding hydrogens is 395 g/mol. The summed E-state index contributed by atoms with van der Waals surface area (Å²) in [5, 5.41) is 8.93. The predicted octanol–water partition coefficient (Wildman–Crippen LogP) is 3.05. The molecule has 2 aromatic carbocycles. The molecule has 3 rings (SSSR count). The molecule has 9 heteroatoms. The number of halogens is 4. The molecule has 0 spiro atoms. The SMILES string of the molecule is N#Cc1ccc(F)cc1Cn1c(Cl)cc(=O)n(Cc2cc(F)cc(F)c2)c1=O. The van der Waals surface area contributed by atoms with Gasteiger partial charge in [0.25, 0.3) is 5.56 Å². The van der Waals surface area contributed by atoms with Crippen LogP contribution in [0.1, 0.15) is 16.7 Å². The van der Waals surface area contributed by atoms with E-state index in [1.54, 1.807) is 0 Å². The Labute approximate surface area is 161 Å². The van der Waals surface area contributed by atoms with E-state index in [4.69, 9.17) is 16.9 Å². The van der Waals surface area contributed by atoms with Gasteiger partial charge in [-0.1, -0.05) is 11.6 Å². The van der Waals surface area contributed by atoms with Crippen LogP contribution in [0.5, 0.6) is 0 Å². The minimum Gasteiger partial charge on any atom is -0.279 e. The van der Waals surface area contributed by atoms with Crippen LogP contribution in [0.15, 0.2) is 52.1 Å². The molecular formula is C19H11ClF3N3O2. The fourth-order valence-electron chi connectivity index (χ4n) is 2.74. The van der Waals surface area contributed by atoms with Crippen molar-refractivity contribution in [3.05, 3.63) is 103 Å². The lowest BCUT2D eigenvalue weighted by molar-refractivity contribution is 0.569. The average Bonchev–Trinajstić information content (AvgIpc) is 2.61. The molecule has 0 bridgehead atoms. The van der Waals surface area contributed by atoms with Crippen LogP contribution in [-0.2, 0) is 13.1 Å². The van der Waals surface area contributed by atoms with E-state index in [0.29, 0.717) is 6.07 Å². The lowest BCUT2D eigenvalue weighted by atomic mass is 10.1. The van der Waals surface area contributed by atoms with Gasteiger partial charge in [-0.25, -0.2) is 18.0 Å². The second-order valence-corrected chi connectivity index (χ2v) is 6.34. The van der Waals surface area contributed by atoms with Gasteiger partial charge in [-0.15, -0.1) is 0 Å². The highest BCUT2D eigenvalue weighted by Crippen LogP contribution is 2.14. The average molecular weight is 406 g/mol. The number of nitriles is 1. The Morgan fingerprint density at radius 2 is 1.57 bits per heavy atom. The van der Waals surface area contributed by atoms with Gasteiger partial charge in [0.15, 0.2) is 0 Å². The molecule has 28 heavy (non-hydrogen) atoms. The van der Waals surface area contributed by atoms with Gasteiger partial charge in [-0.05, 0) is 41.5 Å². The van der Waals surface area contributed by atoms with E-state index in [0.717, 1.165) is 39.5 Å². The van der Waals surface area contributed by atoms with Gasteiger partial charge >= 0.3 is 5.69 Å². The molecule has 3 aromatic rings. The Kier molecular flexibility index (Phi) is 5.38. The second-order valence-electron chi connectivity index (χ2n) is 5.95. The van der Waals surface area contributed by atoms with Gasteiger partial charge < -0.3 is 0 Å². The van der Waals surface area contributed by atoms with E-state index < -0.39 is 35.2 Å². The Morgan fingerprint density at radius 3 is 2.21 bits per heavy atom. The summed E-state index contributed by atoms with van der Waals surface area (Å²) in [6.45, 7) is -0.659. The summed E-state index contributed by atoms with van der Waals surface area (Å²) in [7, 11) is 0. The van der Waals surface area contributed by atoms with Gasteiger partial charge in [0.1, 0.15) is 22.6 Å². The Morgan fingerprint density at radius 1 is 0.893 bits per heavy atom. The maximum absolute atomic E-state index is 13.5. The third-order valence-electron chi connectivity index (χ3n) is 4.01. The first kappa shape index (κ1) is 19.5. The number of rotatable bonds is 4. The number of aromatic nitrogens is 2. The monoisotopic (exact) mass is 405 g/mol. The van der Waals surface area contributed by atoms with Crippen LogP contribution in [-0.4, -0.2) is 9.13 Å². The first-order chi connectivity index (χ1) is 13.3. The molecule has 0 saturated heterocycles. The lowest BCUT2D eigenvalue weighted by Crippen LogP contribution is -2.40. The van der Waals surface area contributed by atoms with E-state index in [2.05, 4.69) is 0 Å². The summed E-state index contributed by atoms with van der Waals surface area (Å²) in [6, 6.07) is 8.94. The molecule has 0 amide bonds. The van der Waals surface area contributed by atoms with Crippen LogP contribution >= 0.6 is 11.6 Å². The Hall–Kier alpha value is -3.31. The zero-order chi connectivity index (χ0) is 20.4. The predicted molar refractivity (Wildman–Crippen MR) is 95.6 cm³/mol. The molecule has 1 heterocycles. The van der Waals surface area contributed by atoms with Gasteiger partial charge in [0.05, 0.1) is 24.7 Å². The van der Waals surface area contributed by atoms with E-state index >= 15 is 0 Å². The van der Waals surface area contributed by atoms with Crippen molar-refractivity contribution >= 4 is 11.6 Å². The first-order valence-corrected chi connectivity index (χ1v) is 8.30. The summed E-state index contributed by atoms with van der Waals surface area (Å²) in [4.78, 5) is 24.9. The van der Waals surface area contributed by atoms with Gasteiger partial charge in [-0.2, -0.15) is 5.26 Å². The minimum atomic E-state index is -0.865. The standard InChI is InChI=1S/C19H11ClF3N3O2/c20-17-7-18(27)26(9-11-3-15(22)6-16(23)4-11)19(28)25(17)10-13-5-14(21)2-1-12(13)8-24/h1-7H,9-10H2. The number of nitrogens with zero attached hydrogens (tertiary/aromatic N) is 3. The molecule has 0 unspecified atom stereocenters. The second kappa shape index (κ2) is 7.74. The van der Waals surface area contributed by atoms with Crippen molar-refractivity contribution in [2.45, 2.75) is 13.1 Å². The van der Waals surface area contributed by atoms with Crippen molar-refractivity contribution in [1.29, 1.82) is 5.26 Å². The number of benzene rings is 2. The zero-order valence-corrected chi connectivity index (χ0v) is 14.9. The summed E-state index contributed by atoms with van der Waals surface area (Å²) < 4.78 is 42.0. The highest BCUT2D eigenvalue weighted by molar-refractivity contribution is 6.29. The van der Waals surface area contributed by atoms with Crippen molar-refractivity contribution in [3.63, 3.8) is 0 Å². The third kappa shape index (κ3) is 4.00. The fraction of sp³-hybridized carbons (Fsp3) is 0.105. The summed E-state index contributed by atoms with van der Waals surface area (Å²) >= 11 is 6.00. The molecule has 1 aromatic heterocycles. The van der Waals surface area contributed by atoms with Crippen molar-refractivity contribution in [2.24, 2.45) is 0 Å². The number of hydrogen-bond acceptors (Lipinski definition) is 3. The molecule has 0 aliphatic rings. The van der Waals surface area contributed by atoms with E-state index in [-0.39, 0.29) is 28.4 Å². The van der Waals surface area contributed by atoms with Crippen LogP contribution in [0.4, 0.5) is 13.2 Å². The summed E-state index contributed by atoms with van der Waals surface area (Å²) in [5.74, 6) is -2.31. The van der Waals surface area contributed by atoms with Crippen LogP contribution in [0.3, 0.4) is 0 Å². The highest BCUT2D eigenvalue weighted by Gasteiger charge is 2.14. The smallest absolute Gasteiger partial charge is 0.279 e. The minimum absolute atomic E-state index is 0.0639. The lowest BCUT2D eigenvalue weighted by Gasteiger charge is -2.13. The molecule has 142 valence electrons. The van der Waals surface area contributed by atoms with Crippen molar-refractivity contribution in [1.82, 2.24) is 9.13 Å². The van der Waals surface area contributed by atoms with Crippen molar-refractivity contribution in [2.75, 3.05) is 0 Å². The summed E-state index contributed by atoms with van der Waals surface area (Å²) in [6.07, 6.45) is 0. The van der Waals surface area contributed by atoms with E-state index in [9.17, 15) is 22.8 Å². The maximum Gasteiger partial charge on any atom is 0.332 e. The summed E-state index contributed by atoms with van der Waals surface area (Å²) in [5.41, 5.74) is -1.25. The van der Waals surface area contributed by atoms with Gasteiger partial charge in [0, 0.05) is 12.1 Å². The van der Waals surface area contributed by atoms with Gasteiger partial charge in [-0.3, -0.25) is 13.9 Å². The van der Waals surface area contributed by atoms with E-state index in [1.165, 1.54) is 6.07 Å². The molecule has 0 fully saturated rings. The van der Waals surface area contributed by atoms with Crippen LogP contribution in [0.2, 0.25) is 5.15 Å². The number of hydrogen-bond donors (Lipinski definition) is 0. The van der Waals surface area contributed by atoms with Crippen molar-refractivity contribution in [3.8, 4) is 6.07 Å². The molecule has 5 nitrogen and oxygen atoms in total. The Bertz CT molecular complexity index is 1210. The third-order valence-corrected chi connectivity index (χ3v) is 4.32. The quantitative estimate of drug-likeness (QED) is 0.626. The van der Waals surface area contributed by atoms with Crippen LogP contribution in [0.25, 0.3) is 0 Å². The normalized spacial score (nSPS) is 10.7. The largest absolute Gasteiger partial charge is 0.332 e. The maximum atomic E-state index is 13.5. The molecule has 0 N–H and O–H groups in total. The van der Waals surface area contributed by atoms with Crippen LogP contribution < -0.4 is 11.2 Å². The molecule has 0 saturated carbocycles. The van der Waals surface area contributed by atoms with Crippen LogP contribution in [0, 0.1) is 28.8 Å². The molecule has 0 atom stereocenters. The zero-order valence-electron chi connectivity index (χ0n) is 14.1. The fourth-order valence-corrected chi connectivity index (χ4v) is 2.96. The topological polar surface area (TPSA) is 67.8 Å². The first-order valence-electron chi connectivity index (χ1n) is 7.92.